The van der Waals surface area contributed by atoms with Gasteiger partial charge in [0.25, 0.3) is 0 Å². The quantitative estimate of drug-likeness (QED) is 0.159. The van der Waals surface area contributed by atoms with Gasteiger partial charge in [0.05, 0.1) is 5.41 Å². The first kappa shape index (κ1) is 36.7. The molecule has 0 fully saturated rings. The van der Waals surface area contributed by atoms with E-state index in [1.165, 1.54) is 64.7 Å². The fourth-order valence-electron chi connectivity index (χ4n) is 10.5. The van der Waals surface area contributed by atoms with Gasteiger partial charge in [-0.05, 0) is 111 Å². The normalized spacial score (nSPS) is 12.8. The Labute approximate surface area is 375 Å². The molecule has 0 radical (unpaired) electrons. The molecule has 0 aliphatic heterocycles. The Morgan fingerprint density at radius 3 is 1.77 bits per heavy atom. The van der Waals surface area contributed by atoms with Crippen LogP contribution in [0.1, 0.15) is 22.3 Å². The Morgan fingerprint density at radius 1 is 0.344 bits per heavy atom. The third-order valence-electron chi connectivity index (χ3n) is 13.4. The smallest absolute Gasteiger partial charge is 0.143 e. The zero-order valence-electron chi connectivity index (χ0n) is 34.8. The number of para-hydroxylation sites is 2. The largest absolute Gasteiger partial charge is 0.455 e. The van der Waals surface area contributed by atoms with E-state index < -0.39 is 5.41 Å². The van der Waals surface area contributed by atoms with Crippen molar-refractivity contribution in [2.45, 2.75) is 5.41 Å². The van der Waals surface area contributed by atoms with Crippen molar-refractivity contribution in [2.24, 2.45) is 0 Å². The third kappa shape index (κ3) is 5.58. The van der Waals surface area contributed by atoms with E-state index in [2.05, 4.69) is 229 Å². The van der Waals surface area contributed by atoms with Crippen LogP contribution in [0, 0.1) is 0 Å². The third-order valence-corrected chi connectivity index (χ3v) is 14.5. The van der Waals surface area contributed by atoms with Crippen LogP contribution in [0.15, 0.2) is 241 Å². The Morgan fingerprint density at radius 2 is 0.938 bits per heavy atom. The highest BCUT2D eigenvalue weighted by atomic mass is 32.1. The molecule has 0 saturated carbocycles. The lowest BCUT2D eigenvalue weighted by Gasteiger charge is -2.34. The molecule has 1 aliphatic carbocycles. The monoisotopic (exact) mass is 833 g/mol. The number of nitrogens with zero attached hydrogens (tertiary/aromatic N) is 1. The van der Waals surface area contributed by atoms with Crippen LogP contribution in [0.2, 0.25) is 0 Å². The minimum absolute atomic E-state index is 0.471. The first-order valence-electron chi connectivity index (χ1n) is 21.9. The summed E-state index contributed by atoms with van der Waals surface area (Å²) in [6, 6.07) is 86.6. The second-order valence-corrected chi connectivity index (χ2v) is 17.9. The highest BCUT2D eigenvalue weighted by Gasteiger charge is 2.46. The van der Waals surface area contributed by atoms with Gasteiger partial charge in [0.15, 0.2) is 0 Å². The van der Waals surface area contributed by atoms with E-state index in [4.69, 9.17) is 4.42 Å². The highest BCUT2D eigenvalue weighted by Crippen LogP contribution is 2.57. The number of fused-ring (bicyclic) bond motifs is 9. The minimum Gasteiger partial charge on any atom is -0.455 e. The second-order valence-electron chi connectivity index (χ2n) is 16.8. The lowest BCUT2D eigenvalue weighted by Crippen LogP contribution is -2.28. The molecule has 2 aromatic heterocycles. The van der Waals surface area contributed by atoms with Gasteiger partial charge in [-0.2, -0.15) is 0 Å². The molecule has 1 aliphatic rings. The number of rotatable bonds is 7. The molecule has 13 rings (SSSR count). The second kappa shape index (κ2) is 14.6. The van der Waals surface area contributed by atoms with Crippen molar-refractivity contribution in [1.82, 2.24) is 0 Å². The number of benzene rings is 10. The van der Waals surface area contributed by atoms with E-state index in [1.54, 1.807) is 0 Å². The zero-order chi connectivity index (χ0) is 42.2. The van der Waals surface area contributed by atoms with Crippen LogP contribution in [0.25, 0.3) is 75.5 Å². The summed E-state index contributed by atoms with van der Waals surface area (Å²) < 4.78 is 9.12. The van der Waals surface area contributed by atoms with Crippen LogP contribution < -0.4 is 4.90 Å². The predicted octanol–water partition coefficient (Wildman–Crippen LogP) is 17.1. The van der Waals surface area contributed by atoms with Crippen molar-refractivity contribution in [3.05, 3.63) is 259 Å². The molecule has 0 bridgehead atoms. The Bertz CT molecular complexity index is 3690. The fourth-order valence-corrected chi connectivity index (χ4v) is 11.6. The van der Waals surface area contributed by atoms with Gasteiger partial charge >= 0.3 is 0 Å². The van der Waals surface area contributed by atoms with Gasteiger partial charge in [0.1, 0.15) is 11.2 Å². The van der Waals surface area contributed by atoms with Crippen LogP contribution in [0.5, 0.6) is 0 Å². The van der Waals surface area contributed by atoms with Crippen LogP contribution in [0.4, 0.5) is 17.1 Å². The molecule has 300 valence electrons. The van der Waals surface area contributed by atoms with Crippen LogP contribution >= 0.6 is 11.3 Å². The molecule has 0 unspecified atom stereocenters. The zero-order valence-corrected chi connectivity index (χ0v) is 35.6. The predicted molar refractivity (Wildman–Crippen MR) is 269 cm³/mol. The van der Waals surface area contributed by atoms with E-state index in [0.29, 0.717) is 0 Å². The summed E-state index contributed by atoms with van der Waals surface area (Å²) in [6.45, 7) is 0. The minimum atomic E-state index is -0.471. The van der Waals surface area contributed by atoms with Gasteiger partial charge in [0.2, 0.25) is 0 Å². The molecular weight excluding hydrogens is 795 g/mol. The van der Waals surface area contributed by atoms with Crippen LogP contribution in [-0.2, 0) is 5.41 Å². The number of furan rings is 1. The van der Waals surface area contributed by atoms with Crippen LogP contribution in [0.3, 0.4) is 0 Å². The maximum atomic E-state index is 6.50. The Kier molecular flexibility index (Phi) is 8.34. The molecule has 0 saturated heterocycles. The molecule has 0 atom stereocenters. The number of thiophene rings is 1. The maximum Gasteiger partial charge on any atom is 0.143 e. The van der Waals surface area contributed by atoms with Crippen molar-refractivity contribution < 1.29 is 4.42 Å². The fraction of sp³-hybridized carbons (Fsp3) is 0.0164. The lowest BCUT2D eigenvalue weighted by molar-refractivity contribution is 0.670. The first-order chi connectivity index (χ1) is 31.7. The van der Waals surface area contributed by atoms with Gasteiger partial charge < -0.3 is 9.32 Å². The van der Waals surface area contributed by atoms with E-state index in [9.17, 15) is 0 Å². The molecule has 2 nitrogen and oxygen atoms in total. The molecule has 0 amide bonds. The van der Waals surface area contributed by atoms with Gasteiger partial charge in [-0.25, -0.2) is 0 Å². The molecule has 12 aromatic rings. The standard InChI is InChI=1S/C61H39NOS/c1-3-16-43(17-4-1)61(44-18-5-2-6-19-44)55-26-10-7-21-49(55)53-39-47(34-35-56(53)61)62(45-32-29-40(30-33-45)48-24-14-25-52-50-22-8-11-27-57(50)63-60(48)52)46-20-13-15-41(37-46)42-31-36-59-54(38-42)51-23-9-12-28-58(51)64-59/h1-39H. The number of hydrogen-bond acceptors (Lipinski definition) is 3. The molecular formula is C61H39NOS. The Balaban J connectivity index is 0.995. The van der Waals surface area contributed by atoms with E-state index in [1.807, 2.05) is 23.5 Å². The molecule has 10 aromatic carbocycles. The van der Waals surface area contributed by atoms with Crippen molar-refractivity contribution >= 4 is 70.5 Å². The average Bonchev–Trinajstić information content (AvgIpc) is 4.03. The molecule has 2 heterocycles. The van der Waals surface area contributed by atoms with Gasteiger partial charge in [-0.1, -0.05) is 176 Å². The topological polar surface area (TPSA) is 16.4 Å². The average molecular weight is 834 g/mol. The summed E-state index contributed by atoms with van der Waals surface area (Å²) in [5.41, 5.74) is 16.8. The highest BCUT2D eigenvalue weighted by molar-refractivity contribution is 7.25. The summed E-state index contributed by atoms with van der Waals surface area (Å²) in [5, 5.41) is 4.87. The SMILES string of the molecule is c1ccc(C2(c3ccccc3)c3ccccc3-c3cc(N(c4ccc(-c5cccc6c5oc5ccccc56)cc4)c4cccc(-c5ccc6sc7ccccc7c6c5)c4)ccc32)cc1. The molecule has 64 heavy (non-hydrogen) atoms. The molecule has 0 N–H and O–H groups in total. The summed E-state index contributed by atoms with van der Waals surface area (Å²) in [5.74, 6) is 0. The van der Waals surface area contributed by atoms with Crippen molar-refractivity contribution in [2.75, 3.05) is 4.90 Å². The van der Waals surface area contributed by atoms with E-state index >= 15 is 0 Å². The van der Waals surface area contributed by atoms with Gasteiger partial charge in [0, 0.05) is 53.6 Å². The van der Waals surface area contributed by atoms with Crippen LogP contribution in [-0.4, -0.2) is 0 Å². The van der Waals surface area contributed by atoms with Crippen molar-refractivity contribution in [3.63, 3.8) is 0 Å². The summed E-state index contributed by atoms with van der Waals surface area (Å²) in [7, 11) is 0. The maximum absolute atomic E-state index is 6.50. The summed E-state index contributed by atoms with van der Waals surface area (Å²) >= 11 is 1.86. The number of anilines is 3. The first-order valence-corrected chi connectivity index (χ1v) is 22.7. The van der Waals surface area contributed by atoms with Crippen molar-refractivity contribution in [3.8, 4) is 33.4 Å². The summed E-state index contributed by atoms with van der Waals surface area (Å²) in [6.07, 6.45) is 0. The van der Waals surface area contributed by atoms with Gasteiger partial charge in [-0.3, -0.25) is 0 Å². The number of hydrogen-bond donors (Lipinski definition) is 0. The van der Waals surface area contributed by atoms with Gasteiger partial charge in [-0.15, -0.1) is 11.3 Å². The molecule has 0 spiro atoms. The Hall–Kier alpha value is -7.98. The lowest BCUT2D eigenvalue weighted by atomic mass is 9.68. The van der Waals surface area contributed by atoms with E-state index in [-0.39, 0.29) is 0 Å². The van der Waals surface area contributed by atoms with Crippen molar-refractivity contribution in [1.29, 1.82) is 0 Å². The summed E-state index contributed by atoms with van der Waals surface area (Å²) in [4.78, 5) is 2.42. The molecule has 3 heteroatoms. The van der Waals surface area contributed by atoms with E-state index in [0.717, 1.165) is 50.1 Å².